The van der Waals surface area contributed by atoms with Crippen LogP contribution in [0.1, 0.15) is 74.9 Å². The van der Waals surface area contributed by atoms with Crippen LogP contribution in [0.3, 0.4) is 0 Å². The van der Waals surface area contributed by atoms with E-state index in [1.807, 2.05) is 26.0 Å². The predicted octanol–water partition coefficient (Wildman–Crippen LogP) is 3.86. The number of nitrogens with zero attached hydrogens (tertiary/aromatic N) is 1. The molecule has 0 aliphatic heterocycles. The fourth-order valence-electron chi connectivity index (χ4n) is 4.14. The topological polar surface area (TPSA) is 140 Å². The van der Waals surface area contributed by atoms with Gasteiger partial charge in [-0.3, -0.25) is 9.59 Å². The minimum absolute atomic E-state index is 0.00594. The quantitative estimate of drug-likeness (QED) is 0.259. The van der Waals surface area contributed by atoms with E-state index in [0.29, 0.717) is 10.9 Å². The van der Waals surface area contributed by atoms with Gasteiger partial charge in [-0.25, -0.2) is 14.6 Å². The Morgan fingerprint density at radius 3 is 2.37 bits per heavy atom. The zero-order valence-corrected chi connectivity index (χ0v) is 21.2. The van der Waals surface area contributed by atoms with Crippen molar-refractivity contribution >= 4 is 34.4 Å². The van der Waals surface area contributed by atoms with E-state index in [-0.39, 0.29) is 39.6 Å². The SMILES string of the molecule is C=C(C)C(=O)OCC(O)COC(=O)c1ccc2c(c1)C(=O)C(c1nc3ccc(C(C)C)cc3cc1O)C2=O. The number of fused-ring (bicyclic) bond motifs is 2. The summed E-state index contributed by atoms with van der Waals surface area (Å²) in [6.07, 6.45) is -1.26. The number of ether oxygens (including phenoxy) is 2. The predicted molar refractivity (Wildman–Crippen MR) is 137 cm³/mol. The standard InChI is InChI=1S/C29H27NO8/c1-14(2)16-6-8-22-18(9-16)11-23(32)25(30-22)24-26(33)20-7-5-17(10-21(20)27(24)34)29(36)38-13-19(31)12-37-28(35)15(3)4/h5-11,14,19,24,31-32H,3,12-13H2,1-2,4H3. The van der Waals surface area contributed by atoms with Crippen molar-refractivity contribution < 1.29 is 38.9 Å². The second-order valence-electron chi connectivity index (χ2n) is 9.55. The maximum Gasteiger partial charge on any atom is 0.338 e. The number of hydrogen-bond acceptors (Lipinski definition) is 9. The lowest BCUT2D eigenvalue weighted by Crippen LogP contribution is -2.25. The number of carbonyl (C=O) groups is 4. The number of ketones is 2. The molecule has 9 nitrogen and oxygen atoms in total. The van der Waals surface area contributed by atoms with Crippen LogP contribution in [0.5, 0.6) is 5.75 Å². The summed E-state index contributed by atoms with van der Waals surface area (Å²) < 4.78 is 9.87. The van der Waals surface area contributed by atoms with Crippen LogP contribution in [0.25, 0.3) is 10.9 Å². The Morgan fingerprint density at radius 1 is 1.00 bits per heavy atom. The zero-order chi connectivity index (χ0) is 27.7. The van der Waals surface area contributed by atoms with Crippen LogP contribution in [0, 0.1) is 0 Å². The van der Waals surface area contributed by atoms with Gasteiger partial charge in [0.1, 0.15) is 36.7 Å². The van der Waals surface area contributed by atoms with E-state index < -0.39 is 48.7 Å². The lowest BCUT2D eigenvalue weighted by atomic mass is 9.96. The van der Waals surface area contributed by atoms with Gasteiger partial charge in [-0.15, -0.1) is 0 Å². The molecule has 0 saturated carbocycles. The van der Waals surface area contributed by atoms with E-state index >= 15 is 0 Å². The highest BCUT2D eigenvalue weighted by Crippen LogP contribution is 2.38. The first-order valence-corrected chi connectivity index (χ1v) is 12.0. The molecule has 2 aromatic carbocycles. The van der Waals surface area contributed by atoms with Crippen LogP contribution in [-0.2, 0) is 14.3 Å². The number of pyridine rings is 1. The van der Waals surface area contributed by atoms with Crippen molar-refractivity contribution in [2.24, 2.45) is 0 Å². The largest absolute Gasteiger partial charge is 0.506 e. The first kappa shape index (κ1) is 26.7. The maximum atomic E-state index is 13.3. The van der Waals surface area contributed by atoms with E-state index in [9.17, 15) is 29.4 Å². The Balaban J connectivity index is 1.52. The summed E-state index contributed by atoms with van der Waals surface area (Å²) in [4.78, 5) is 54.8. The van der Waals surface area contributed by atoms with Crippen molar-refractivity contribution in [3.8, 4) is 5.75 Å². The smallest absolute Gasteiger partial charge is 0.338 e. The molecule has 0 amide bonds. The molecule has 2 unspecified atom stereocenters. The maximum absolute atomic E-state index is 13.3. The molecule has 0 fully saturated rings. The summed E-state index contributed by atoms with van der Waals surface area (Å²) >= 11 is 0. The van der Waals surface area contributed by atoms with Gasteiger partial charge in [0.2, 0.25) is 0 Å². The van der Waals surface area contributed by atoms with E-state index in [1.165, 1.54) is 31.2 Å². The number of esters is 2. The van der Waals surface area contributed by atoms with Crippen molar-refractivity contribution in [1.29, 1.82) is 0 Å². The zero-order valence-electron chi connectivity index (χ0n) is 21.2. The van der Waals surface area contributed by atoms with Crippen LogP contribution in [0.4, 0.5) is 0 Å². The van der Waals surface area contributed by atoms with Crippen molar-refractivity contribution in [2.75, 3.05) is 13.2 Å². The summed E-state index contributed by atoms with van der Waals surface area (Å²) in [6, 6.07) is 11.0. The number of aliphatic hydroxyl groups is 1. The Bertz CT molecular complexity index is 1490. The Morgan fingerprint density at radius 2 is 1.68 bits per heavy atom. The molecule has 9 heteroatoms. The van der Waals surface area contributed by atoms with Crippen LogP contribution < -0.4 is 0 Å². The summed E-state index contributed by atoms with van der Waals surface area (Å²) in [7, 11) is 0. The van der Waals surface area contributed by atoms with Crippen LogP contribution in [-0.4, -0.2) is 58.0 Å². The van der Waals surface area contributed by atoms with Crippen molar-refractivity contribution in [3.05, 3.63) is 82.6 Å². The summed E-state index contributed by atoms with van der Waals surface area (Å²) in [5.41, 5.74) is 1.84. The van der Waals surface area contributed by atoms with E-state index in [4.69, 9.17) is 9.47 Å². The first-order valence-electron chi connectivity index (χ1n) is 12.0. The third kappa shape index (κ3) is 5.19. The van der Waals surface area contributed by atoms with Crippen LogP contribution in [0.2, 0.25) is 0 Å². The highest BCUT2D eigenvalue weighted by molar-refractivity contribution is 6.30. The van der Waals surface area contributed by atoms with Gasteiger partial charge in [0.25, 0.3) is 0 Å². The molecule has 1 aliphatic carbocycles. The summed E-state index contributed by atoms with van der Waals surface area (Å²) in [5.74, 6) is -3.97. The van der Waals surface area contributed by atoms with Gasteiger partial charge in [-0.05, 0) is 54.8 Å². The number of hydrogen-bond donors (Lipinski definition) is 2. The molecule has 0 bridgehead atoms. The lowest BCUT2D eigenvalue weighted by molar-refractivity contribution is -0.142. The minimum Gasteiger partial charge on any atom is -0.506 e. The number of benzene rings is 2. The number of aromatic nitrogens is 1. The second-order valence-corrected chi connectivity index (χ2v) is 9.55. The number of aliphatic hydroxyl groups excluding tert-OH is 1. The number of rotatable bonds is 8. The monoisotopic (exact) mass is 517 g/mol. The van der Waals surface area contributed by atoms with Gasteiger partial charge in [0.05, 0.1) is 11.1 Å². The highest BCUT2D eigenvalue weighted by Gasteiger charge is 2.42. The Hall–Kier alpha value is -4.37. The fraction of sp³-hybridized carbons (Fsp3) is 0.276. The normalized spacial score (nSPS) is 15.4. The van der Waals surface area contributed by atoms with E-state index in [0.717, 1.165) is 5.56 Å². The average molecular weight is 518 g/mol. The van der Waals surface area contributed by atoms with Gasteiger partial charge in [-0.1, -0.05) is 26.5 Å². The average Bonchev–Trinajstić information content (AvgIpc) is 3.13. The van der Waals surface area contributed by atoms with Gasteiger partial charge >= 0.3 is 11.9 Å². The molecule has 1 aliphatic rings. The van der Waals surface area contributed by atoms with Crippen LogP contribution >= 0.6 is 0 Å². The van der Waals surface area contributed by atoms with Gasteiger partial charge in [0, 0.05) is 22.1 Å². The number of Topliss-reactive ketones (excluding diaryl/α,β-unsaturated/α-hetero) is 2. The van der Waals surface area contributed by atoms with Crippen molar-refractivity contribution in [1.82, 2.24) is 4.98 Å². The molecule has 0 spiro atoms. The molecular weight excluding hydrogens is 490 g/mol. The Labute approximate surface area is 218 Å². The third-order valence-electron chi connectivity index (χ3n) is 6.26. The third-order valence-corrected chi connectivity index (χ3v) is 6.26. The molecule has 3 aromatic rings. The Kier molecular flexibility index (Phi) is 7.41. The molecule has 2 atom stereocenters. The van der Waals surface area contributed by atoms with Crippen molar-refractivity contribution in [3.63, 3.8) is 0 Å². The molecule has 1 heterocycles. The van der Waals surface area contributed by atoms with E-state index in [2.05, 4.69) is 11.6 Å². The summed E-state index contributed by atoms with van der Waals surface area (Å²) in [6.45, 7) is 8.13. The molecule has 196 valence electrons. The van der Waals surface area contributed by atoms with Crippen molar-refractivity contribution in [2.45, 2.75) is 38.7 Å². The first-order chi connectivity index (χ1) is 18.0. The van der Waals surface area contributed by atoms with Gasteiger partial charge in [-0.2, -0.15) is 0 Å². The molecule has 38 heavy (non-hydrogen) atoms. The van der Waals surface area contributed by atoms with Crippen LogP contribution in [0.15, 0.2) is 54.6 Å². The second kappa shape index (κ2) is 10.5. The molecule has 0 radical (unpaired) electrons. The molecule has 2 N–H and O–H groups in total. The highest BCUT2D eigenvalue weighted by atomic mass is 16.6. The molecule has 1 aromatic heterocycles. The van der Waals surface area contributed by atoms with Gasteiger partial charge in [0.15, 0.2) is 11.6 Å². The van der Waals surface area contributed by atoms with Gasteiger partial charge < -0.3 is 19.7 Å². The lowest BCUT2D eigenvalue weighted by Gasteiger charge is -2.12. The molecule has 4 rings (SSSR count). The van der Waals surface area contributed by atoms with E-state index in [1.54, 1.807) is 6.07 Å². The molecule has 0 saturated heterocycles. The molecular formula is C29H27NO8. The summed E-state index contributed by atoms with van der Waals surface area (Å²) in [5, 5.41) is 21.3. The fourth-order valence-corrected chi connectivity index (χ4v) is 4.14. The number of carbonyl (C=O) groups excluding carboxylic acids is 4. The number of aromatic hydroxyl groups is 1. The minimum atomic E-state index is -1.34.